The fraction of sp³-hybridized carbons (Fsp3) is 0.571. The molecule has 0 radical (unpaired) electrons. The first-order chi connectivity index (χ1) is 8.24. The Morgan fingerprint density at radius 1 is 1.35 bits per heavy atom. The van der Waals surface area contributed by atoms with Crippen LogP contribution in [0.2, 0.25) is 5.02 Å². The van der Waals surface area contributed by atoms with E-state index in [1.165, 1.54) is 25.7 Å². The second-order valence-corrected chi connectivity index (χ2v) is 5.25. The molecule has 1 heterocycles. The van der Waals surface area contributed by atoms with Crippen molar-refractivity contribution in [2.24, 2.45) is 5.73 Å². The van der Waals surface area contributed by atoms with E-state index >= 15 is 0 Å². The van der Waals surface area contributed by atoms with Gasteiger partial charge in [-0.1, -0.05) is 36.6 Å². The lowest BCUT2D eigenvalue weighted by Gasteiger charge is -2.32. The van der Waals surface area contributed by atoms with Crippen LogP contribution in [0.4, 0.5) is 5.69 Å². The summed E-state index contributed by atoms with van der Waals surface area (Å²) >= 11 is 6.36. The Morgan fingerprint density at radius 3 is 2.94 bits per heavy atom. The van der Waals surface area contributed by atoms with Crippen LogP contribution in [0.15, 0.2) is 18.2 Å². The molecule has 0 aromatic heterocycles. The van der Waals surface area contributed by atoms with Crippen molar-refractivity contribution >= 4 is 17.3 Å². The quantitative estimate of drug-likeness (QED) is 0.872. The van der Waals surface area contributed by atoms with Crippen molar-refractivity contribution in [1.82, 2.24) is 0 Å². The number of para-hydroxylation sites is 1. The van der Waals surface area contributed by atoms with E-state index in [1.807, 2.05) is 12.1 Å². The number of hydrogen-bond acceptors (Lipinski definition) is 2. The maximum atomic E-state index is 6.36. The zero-order valence-electron chi connectivity index (χ0n) is 10.5. The van der Waals surface area contributed by atoms with E-state index in [-0.39, 0.29) is 0 Å². The van der Waals surface area contributed by atoms with Crippen molar-refractivity contribution in [3.05, 3.63) is 28.8 Å². The molecule has 0 bridgehead atoms. The predicted octanol–water partition coefficient (Wildman–Crippen LogP) is 3.57. The molecule has 1 unspecified atom stereocenters. The molecule has 2 nitrogen and oxygen atoms in total. The van der Waals surface area contributed by atoms with Crippen LogP contribution in [0.5, 0.6) is 0 Å². The van der Waals surface area contributed by atoms with Gasteiger partial charge in [-0.3, -0.25) is 0 Å². The normalized spacial score (nSPS) is 21.4. The molecular formula is C14H21ClN2. The first-order valence-electron chi connectivity index (χ1n) is 6.48. The molecule has 1 aliphatic rings. The van der Waals surface area contributed by atoms with Gasteiger partial charge in [0, 0.05) is 19.1 Å². The molecule has 94 valence electrons. The second kappa shape index (κ2) is 5.74. The SMILES string of the molecule is CC1CCCCCN1c1c(Cl)cccc1CN. The van der Waals surface area contributed by atoms with Crippen LogP contribution in [0.1, 0.15) is 38.2 Å². The van der Waals surface area contributed by atoms with Crippen molar-refractivity contribution < 1.29 is 0 Å². The van der Waals surface area contributed by atoms with Crippen molar-refractivity contribution in [3.8, 4) is 0 Å². The largest absolute Gasteiger partial charge is 0.367 e. The molecule has 3 heteroatoms. The number of halogens is 1. The minimum absolute atomic E-state index is 0.555. The Bertz CT molecular complexity index is 378. The fourth-order valence-corrected chi connectivity index (χ4v) is 2.96. The summed E-state index contributed by atoms with van der Waals surface area (Å²) in [6.07, 6.45) is 5.14. The lowest BCUT2D eigenvalue weighted by atomic mass is 10.1. The summed E-state index contributed by atoms with van der Waals surface area (Å²) < 4.78 is 0. The Kier molecular flexibility index (Phi) is 4.30. The van der Waals surface area contributed by atoms with Gasteiger partial charge in [0.2, 0.25) is 0 Å². The maximum absolute atomic E-state index is 6.36. The monoisotopic (exact) mass is 252 g/mol. The third kappa shape index (κ3) is 2.75. The van der Waals surface area contributed by atoms with Crippen molar-refractivity contribution in [3.63, 3.8) is 0 Å². The Morgan fingerprint density at radius 2 is 2.18 bits per heavy atom. The van der Waals surface area contributed by atoms with Crippen LogP contribution < -0.4 is 10.6 Å². The van der Waals surface area contributed by atoms with Gasteiger partial charge < -0.3 is 10.6 Å². The van der Waals surface area contributed by atoms with Gasteiger partial charge in [0.15, 0.2) is 0 Å². The molecule has 0 amide bonds. The van der Waals surface area contributed by atoms with Crippen LogP contribution in [0.3, 0.4) is 0 Å². The highest BCUT2D eigenvalue weighted by Gasteiger charge is 2.21. The highest BCUT2D eigenvalue weighted by molar-refractivity contribution is 6.33. The van der Waals surface area contributed by atoms with Gasteiger partial charge in [-0.25, -0.2) is 0 Å². The molecular weight excluding hydrogens is 232 g/mol. The lowest BCUT2D eigenvalue weighted by molar-refractivity contribution is 0.614. The minimum atomic E-state index is 0.555. The fourth-order valence-electron chi connectivity index (χ4n) is 2.65. The van der Waals surface area contributed by atoms with Gasteiger partial charge in [-0.2, -0.15) is 0 Å². The predicted molar refractivity (Wildman–Crippen MR) is 74.6 cm³/mol. The summed E-state index contributed by atoms with van der Waals surface area (Å²) in [6.45, 7) is 3.94. The van der Waals surface area contributed by atoms with Crippen molar-refractivity contribution in [2.75, 3.05) is 11.4 Å². The van der Waals surface area contributed by atoms with E-state index in [1.54, 1.807) is 0 Å². The van der Waals surface area contributed by atoms with Crippen LogP contribution >= 0.6 is 11.6 Å². The van der Waals surface area contributed by atoms with Crippen molar-refractivity contribution in [2.45, 2.75) is 45.2 Å². The minimum Gasteiger partial charge on any atom is -0.367 e. The molecule has 1 atom stereocenters. The molecule has 2 rings (SSSR count). The van der Waals surface area contributed by atoms with Crippen LogP contribution in [-0.4, -0.2) is 12.6 Å². The summed E-state index contributed by atoms with van der Waals surface area (Å²) in [5.74, 6) is 0. The number of nitrogens with two attached hydrogens (primary N) is 1. The van der Waals surface area contributed by atoms with Crippen LogP contribution in [-0.2, 0) is 6.54 Å². The third-order valence-electron chi connectivity index (χ3n) is 3.63. The van der Waals surface area contributed by atoms with Gasteiger partial charge in [0.05, 0.1) is 10.7 Å². The number of benzene rings is 1. The molecule has 1 aromatic carbocycles. The third-order valence-corrected chi connectivity index (χ3v) is 3.94. The van der Waals surface area contributed by atoms with Gasteiger partial charge >= 0.3 is 0 Å². The second-order valence-electron chi connectivity index (χ2n) is 4.84. The van der Waals surface area contributed by atoms with Crippen LogP contribution in [0.25, 0.3) is 0 Å². The highest BCUT2D eigenvalue weighted by Crippen LogP contribution is 2.33. The lowest BCUT2D eigenvalue weighted by Crippen LogP contribution is -2.33. The number of anilines is 1. The van der Waals surface area contributed by atoms with E-state index in [0.717, 1.165) is 22.8 Å². The van der Waals surface area contributed by atoms with E-state index in [2.05, 4.69) is 17.9 Å². The number of hydrogen-bond donors (Lipinski definition) is 1. The molecule has 0 spiro atoms. The Labute approximate surface area is 109 Å². The number of nitrogens with zero attached hydrogens (tertiary/aromatic N) is 1. The number of rotatable bonds is 2. The van der Waals surface area contributed by atoms with E-state index in [4.69, 9.17) is 17.3 Å². The topological polar surface area (TPSA) is 29.3 Å². The molecule has 1 aliphatic heterocycles. The first kappa shape index (κ1) is 12.7. The zero-order chi connectivity index (χ0) is 12.3. The smallest absolute Gasteiger partial charge is 0.0643 e. The molecule has 1 saturated heterocycles. The Hall–Kier alpha value is -0.730. The van der Waals surface area contributed by atoms with E-state index < -0.39 is 0 Å². The van der Waals surface area contributed by atoms with E-state index in [9.17, 15) is 0 Å². The summed E-state index contributed by atoms with van der Waals surface area (Å²) in [6, 6.07) is 6.59. The molecule has 17 heavy (non-hydrogen) atoms. The van der Waals surface area contributed by atoms with Crippen LogP contribution in [0, 0.1) is 0 Å². The maximum Gasteiger partial charge on any atom is 0.0643 e. The van der Waals surface area contributed by atoms with Gasteiger partial charge in [0.1, 0.15) is 0 Å². The van der Waals surface area contributed by atoms with Gasteiger partial charge in [-0.05, 0) is 31.4 Å². The average Bonchev–Trinajstić information content (AvgIpc) is 2.54. The van der Waals surface area contributed by atoms with E-state index in [0.29, 0.717) is 12.6 Å². The highest BCUT2D eigenvalue weighted by atomic mass is 35.5. The average molecular weight is 253 g/mol. The summed E-state index contributed by atoms with van der Waals surface area (Å²) in [5.41, 5.74) is 8.14. The molecule has 1 fully saturated rings. The molecule has 1 aromatic rings. The molecule has 2 N–H and O–H groups in total. The summed E-state index contributed by atoms with van der Waals surface area (Å²) in [5, 5.41) is 0.835. The van der Waals surface area contributed by atoms with Gasteiger partial charge in [0.25, 0.3) is 0 Å². The molecule has 0 aliphatic carbocycles. The first-order valence-corrected chi connectivity index (χ1v) is 6.86. The summed E-state index contributed by atoms with van der Waals surface area (Å²) in [7, 11) is 0. The standard InChI is InChI=1S/C14H21ClN2/c1-11-6-3-2-4-9-17(11)14-12(10-16)7-5-8-13(14)15/h5,7-8,11H,2-4,6,9-10,16H2,1H3. The molecule has 0 saturated carbocycles. The van der Waals surface area contributed by atoms with Gasteiger partial charge in [-0.15, -0.1) is 0 Å². The summed E-state index contributed by atoms with van der Waals surface area (Å²) in [4.78, 5) is 2.44. The van der Waals surface area contributed by atoms with Crippen molar-refractivity contribution in [1.29, 1.82) is 0 Å². The Balaban J connectivity index is 2.36. The zero-order valence-corrected chi connectivity index (χ0v) is 11.2.